The van der Waals surface area contributed by atoms with Crippen molar-refractivity contribution in [2.75, 3.05) is 31.5 Å². The standard InChI is InChI=1S/C22H23BrN4O2S/c23-17-5-3-16(4-6-17)20-8-7-18(30-20)14-26-9-11-27(12-10-26)22(28)24-21-13-19(29-25-21)15-1-2-15/h3-8,13,15H,1-2,9-12,14H2,(H,24,25,28). The first-order valence-electron chi connectivity index (χ1n) is 10.2. The molecule has 1 aromatic carbocycles. The largest absolute Gasteiger partial charge is 0.359 e. The van der Waals surface area contributed by atoms with Crippen LogP contribution in [-0.4, -0.2) is 47.2 Å². The Kier molecular flexibility index (Phi) is 5.62. The second-order valence-corrected chi connectivity index (χ2v) is 9.94. The summed E-state index contributed by atoms with van der Waals surface area (Å²) in [6, 6.07) is 14.6. The first kappa shape index (κ1) is 19.8. The van der Waals surface area contributed by atoms with Crippen LogP contribution >= 0.6 is 27.3 Å². The maximum Gasteiger partial charge on any atom is 0.323 e. The van der Waals surface area contributed by atoms with Crippen molar-refractivity contribution in [3.05, 3.63) is 57.6 Å². The zero-order chi connectivity index (χ0) is 20.5. The zero-order valence-electron chi connectivity index (χ0n) is 16.5. The molecule has 2 fully saturated rings. The molecule has 0 spiro atoms. The fourth-order valence-corrected chi connectivity index (χ4v) is 4.98. The molecular formula is C22H23BrN4O2S. The van der Waals surface area contributed by atoms with Crippen LogP contribution < -0.4 is 5.32 Å². The molecule has 1 aliphatic heterocycles. The fraction of sp³-hybridized carbons (Fsp3) is 0.364. The summed E-state index contributed by atoms with van der Waals surface area (Å²) < 4.78 is 6.40. The van der Waals surface area contributed by atoms with E-state index in [1.807, 2.05) is 22.3 Å². The van der Waals surface area contributed by atoms with Gasteiger partial charge in [0.2, 0.25) is 0 Å². The van der Waals surface area contributed by atoms with Crippen molar-refractivity contribution in [1.82, 2.24) is 15.0 Å². The van der Waals surface area contributed by atoms with E-state index in [1.165, 1.54) is 15.3 Å². The van der Waals surface area contributed by atoms with E-state index in [1.54, 1.807) is 0 Å². The third-order valence-electron chi connectivity index (χ3n) is 5.57. The van der Waals surface area contributed by atoms with E-state index in [2.05, 4.69) is 67.7 Å². The smallest absolute Gasteiger partial charge is 0.323 e. The quantitative estimate of drug-likeness (QED) is 0.524. The number of rotatable bonds is 5. The molecule has 1 saturated carbocycles. The average molecular weight is 487 g/mol. The molecule has 1 saturated heterocycles. The summed E-state index contributed by atoms with van der Waals surface area (Å²) >= 11 is 5.32. The lowest BCUT2D eigenvalue weighted by atomic mass is 10.2. The zero-order valence-corrected chi connectivity index (χ0v) is 18.9. The Morgan fingerprint density at radius 2 is 1.90 bits per heavy atom. The van der Waals surface area contributed by atoms with Gasteiger partial charge in [-0.3, -0.25) is 10.2 Å². The number of anilines is 1. The van der Waals surface area contributed by atoms with Gasteiger partial charge < -0.3 is 9.42 Å². The summed E-state index contributed by atoms with van der Waals surface area (Å²) in [5.41, 5.74) is 1.24. The summed E-state index contributed by atoms with van der Waals surface area (Å²) in [6.45, 7) is 4.08. The lowest BCUT2D eigenvalue weighted by Crippen LogP contribution is -2.49. The van der Waals surface area contributed by atoms with Crippen molar-refractivity contribution >= 4 is 39.1 Å². The van der Waals surface area contributed by atoms with E-state index in [-0.39, 0.29) is 6.03 Å². The number of aromatic nitrogens is 1. The Morgan fingerprint density at radius 1 is 1.13 bits per heavy atom. The molecular weight excluding hydrogens is 464 g/mol. The maximum absolute atomic E-state index is 12.5. The molecule has 2 aromatic heterocycles. The molecule has 2 amide bonds. The molecule has 0 unspecified atom stereocenters. The number of halogens is 1. The van der Waals surface area contributed by atoms with Gasteiger partial charge in [0.1, 0.15) is 5.76 Å². The van der Waals surface area contributed by atoms with Crippen molar-refractivity contribution in [1.29, 1.82) is 0 Å². The van der Waals surface area contributed by atoms with Gasteiger partial charge in [0.05, 0.1) is 0 Å². The van der Waals surface area contributed by atoms with E-state index in [9.17, 15) is 4.79 Å². The van der Waals surface area contributed by atoms with Crippen LogP contribution in [0.4, 0.5) is 10.6 Å². The molecule has 0 bridgehead atoms. The van der Waals surface area contributed by atoms with Crippen molar-refractivity contribution in [3.8, 4) is 10.4 Å². The number of thiophene rings is 1. The van der Waals surface area contributed by atoms with Gasteiger partial charge in [-0.25, -0.2) is 4.79 Å². The number of hydrogen-bond donors (Lipinski definition) is 1. The van der Waals surface area contributed by atoms with E-state index in [0.717, 1.165) is 42.7 Å². The van der Waals surface area contributed by atoms with Gasteiger partial charge in [-0.1, -0.05) is 33.2 Å². The van der Waals surface area contributed by atoms with Crippen LogP contribution in [0.15, 0.2) is 51.5 Å². The summed E-state index contributed by atoms with van der Waals surface area (Å²) in [7, 11) is 0. The summed E-state index contributed by atoms with van der Waals surface area (Å²) in [5.74, 6) is 1.89. The molecule has 5 rings (SSSR count). The maximum atomic E-state index is 12.5. The van der Waals surface area contributed by atoms with Gasteiger partial charge in [-0.05, 0) is 42.7 Å². The van der Waals surface area contributed by atoms with Gasteiger partial charge in [0.25, 0.3) is 0 Å². The van der Waals surface area contributed by atoms with Gasteiger partial charge in [0, 0.05) is 58.9 Å². The van der Waals surface area contributed by atoms with Crippen LogP contribution in [0.3, 0.4) is 0 Å². The Morgan fingerprint density at radius 3 is 2.63 bits per heavy atom. The Labute approximate surface area is 188 Å². The minimum atomic E-state index is -0.0982. The highest BCUT2D eigenvalue weighted by Crippen LogP contribution is 2.40. The van der Waals surface area contributed by atoms with Gasteiger partial charge in [0.15, 0.2) is 5.82 Å². The molecule has 3 heterocycles. The van der Waals surface area contributed by atoms with Crippen LogP contribution in [0.1, 0.15) is 29.4 Å². The van der Waals surface area contributed by atoms with Crippen molar-refractivity contribution < 1.29 is 9.32 Å². The third-order valence-corrected chi connectivity index (χ3v) is 7.22. The highest BCUT2D eigenvalue weighted by Gasteiger charge is 2.28. The molecule has 1 aliphatic carbocycles. The number of nitrogens with one attached hydrogen (secondary N) is 1. The number of piperazine rings is 1. The molecule has 8 heteroatoms. The topological polar surface area (TPSA) is 61.6 Å². The number of urea groups is 1. The SMILES string of the molecule is O=C(Nc1cc(C2CC2)on1)N1CCN(Cc2ccc(-c3ccc(Br)cc3)s2)CC1. The average Bonchev–Trinajstić information content (AvgIpc) is 3.33. The number of amides is 2. The van der Waals surface area contributed by atoms with Gasteiger partial charge in [-0.15, -0.1) is 11.3 Å². The van der Waals surface area contributed by atoms with E-state index in [0.29, 0.717) is 24.8 Å². The Balaban J connectivity index is 1.11. The second-order valence-electron chi connectivity index (χ2n) is 7.85. The second kappa shape index (κ2) is 8.53. The molecule has 0 radical (unpaired) electrons. The van der Waals surface area contributed by atoms with Crippen molar-refractivity contribution in [2.24, 2.45) is 0 Å². The molecule has 0 atom stereocenters. The highest BCUT2D eigenvalue weighted by molar-refractivity contribution is 9.10. The lowest BCUT2D eigenvalue weighted by Gasteiger charge is -2.34. The fourth-order valence-electron chi connectivity index (χ4n) is 3.66. The van der Waals surface area contributed by atoms with Crippen LogP contribution in [0, 0.1) is 0 Å². The number of nitrogens with zero attached hydrogens (tertiary/aromatic N) is 3. The number of carbonyl (C=O) groups excluding carboxylic acids is 1. The van der Waals surface area contributed by atoms with Crippen molar-refractivity contribution in [2.45, 2.75) is 25.3 Å². The minimum absolute atomic E-state index is 0.0982. The summed E-state index contributed by atoms with van der Waals surface area (Å²) in [4.78, 5) is 19.4. The monoisotopic (exact) mass is 486 g/mol. The normalized spacial score (nSPS) is 17.3. The van der Waals surface area contributed by atoms with Gasteiger partial charge >= 0.3 is 6.03 Å². The van der Waals surface area contributed by atoms with Crippen molar-refractivity contribution in [3.63, 3.8) is 0 Å². The van der Waals surface area contributed by atoms with Crippen LogP contribution in [0.25, 0.3) is 10.4 Å². The molecule has 1 N–H and O–H groups in total. The van der Waals surface area contributed by atoms with Gasteiger partial charge in [-0.2, -0.15) is 0 Å². The van der Waals surface area contributed by atoms with Crippen LogP contribution in [-0.2, 0) is 6.54 Å². The predicted molar refractivity (Wildman–Crippen MR) is 122 cm³/mol. The first-order chi connectivity index (χ1) is 14.6. The number of benzene rings is 1. The highest BCUT2D eigenvalue weighted by atomic mass is 79.9. The minimum Gasteiger partial charge on any atom is -0.359 e. The number of carbonyl (C=O) groups is 1. The molecule has 156 valence electrons. The predicted octanol–water partition coefficient (Wildman–Crippen LogP) is 5.39. The van der Waals surface area contributed by atoms with E-state index < -0.39 is 0 Å². The molecule has 6 nitrogen and oxygen atoms in total. The third kappa shape index (κ3) is 4.61. The van der Waals surface area contributed by atoms with Crippen LogP contribution in [0.2, 0.25) is 0 Å². The Bertz CT molecular complexity index is 1020. The molecule has 30 heavy (non-hydrogen) atoms. The van der Waals surface area contributed by atoms with Crippen LogP contribution in [0.5, 0.6) is 0 Å². The summed E-state index contributed by atoms with van der Waals surface area (Å²) in [5, 5.41) is 6.84. The number of hydrogen-bond acceptors (Lipinski definition) is 5. The lowest BCUT2D eigenvalue weighted by molar-refractivity contribution is 0.143. The van der Waals surface area contributed by atoms with E-state index in [4.69, 9.17) is 4.52 Å². The summed E-state index contributed by atoms with van der Waals surface area (Å²) in [6.07, 6.45) is 2.30. The molecule has 3 aromatic rings. The Hall–Kier alpha value is -2.16. The first-order valence-corrected chi connectivity index (χ1v) is 11.8. The molecule has 2 aliphatic rings. The van der Waals surface area contributed by atoms with E-state index >= 15 is 0 Å².